The molecule has 2 atom stereocenters. The topological polar surface area (TPSA) is 128 Å². The van der Waals surface area contributed by atoms with Crippen molar-refractivity contribution in [1.29, 1.82) is 0 Å². The fraction of sp³-hybridized carbons (Fsp3) is 0.423. The molecular weight excluding hydrogens is 486 g/mol. The van der Waals surface area contributed by atoms with Crippen LogP contribution in [0.5, 0.6) is 5.75 Å². The van der Waals surface area contributed by atoms with Crippen molar-refractivity contribution in [2.24, 2.45) is 0 Å². The van der Waals surface area contributed by atoms with Gasteiger partial charge < -0.3 is 30.5 Å². The smallest absolute Gasteiger partial charge is 0.408 e. The minimum absolute atomic E-state index is 0.0963. The molecule has 0 saturated heterocycles. The van der Waals surface area contributed by atoms with Gasteiger partial charge in [0, 0.05) is 6.04 Å². The fourth-order valence-corrected chi connectivity index (χ4v) is 3.88. The molecule has 4 N–H and O–H groups in total. The van der Waals surface area contributed by atoms with Crippen LogP contribution in [0.2, 0.25) is 5.02 Å². The maximum Gasteiger partial charge on any atom is 0.408 e. The lowest BCUT2D eigenvalue weighted by Crippen LogP contribution is -2.55. The number of anilines is 1. The van der Waals surface area contributed by atoms with Crippen molar-refractivity contribution in [3.05, 3.63) is 58.6 Å². The molecule has 2 aromatic rings. The van der Waals surface area contributed by atoms with Crippen LogP contribution in [0.15, 0.2) is 42.5 Å². The van der Waals surface area contributed by atoms with Crippen LogP contribution >= 0.6 is 11.6 Å². The Morgan fingerprint density at radius 2 is 1.75 bits per heavy atom. The molecule has 9 nitrogen and oxygen atoms in total. The first-order chi connectivity index (χ1) is 16.7. The number of rotatable bonds is 8. The van der Waals surface area contributed by atoms with Crippen molar-refractivity contribution in [2.75, 3.05) is 11.9 Å². The molecule has 0 heterocycles. The van der Waals surface area contributed by atoms with Crippen LogP contribution in [0, 0.1) is 6.92 Å². The first-order valence-corrected chi connectivity index (χ1v) is 11.9. The predicted octanol–water partition coefficient (Wildman–Crippen LogP) is 4.16. The largest absolute Gasteiger partial charge is 0.508 e. The van der Waals surface area contributed by atoms with E-state index in [0.29, 0.717) is 21.8 Å². The average Bonchev–Trinajstić information content (AvgIpc) is 2.76. The summed E-state index contributed by atoms with van der Waals surface area (Å²) < 4.78 is 5.22. The van der Waals surface area contributed by atoms with E-state index in [9.17, 15) is 24.6 Å². The first kappa shape index (κ1) is 28.9. The van der Waals surface area contributed by atoms with Gasteiger partial charge in [-0.2, -0.15) is 0 Å². The third kappa shape index (κ3) is 7.60. The Bertz CT molecular complexity index is 1080. The molecule has 0 aromatic heterocycles. The van der Waals surface area contributed by atoms with Crippen molar-refractivity contribution in [1.82, 2.24) is 10.2 Å². The van der Waals surface area contributed by atoms with E-state index in [0.717, 1.165) is 0 Å². The van der Waals surface area contributed by atoms with Gasteiger partial charge in [-0.25, -0.2) is 4.79 Å². The van der Waals surface area contributed by atoms with E-state index in [1.165, 1.54) is 17.0 Å². The third-order valence-corrected chi connectivity index (χ3v) is 5.48. The second-order valence-electron chi connectivity index (χ2n) is 9.64. The number of hydrogen-bond donors (Lipinski definition) is 4. The number of benzene rings is 2. The SMILES string of the molecule is Cc1cccc(Cl)c1NC(=O)C(c1cccc(O)c1)N(C(=O)C(CO)NC(=O)OC(C)(C)C)C(C)C. The molecule has 0 aliphatic rings. The molecule has 0 bridgehead atoms. The molecule has 3 amide bonds. The number of carbonyl (C=O) groups excluding carboxylic acids is 3. The van der Waals surface area contributed by atoms with Gasteiger partial charge in [-0.3, -0.25) is 9.59 Å². The summed E-state index contributed by atoms with van der Waals surface area (Å²) in [4.78, 5) is 40.9. The number of aromatic hydroxyl groups is 1. The molecule has 0 radical (unpaired) electrons. The summed E-state index contributed by atoms with van der Waals surface area (Å²) in [5, 5.41) is 25.5. The van der Waals surface area contributed by atoms with Gasteiger partial charge in [0.1, 0.15) is 23.4 Å². The third-order valence-electron chi connectivity index (χ3n) is 5.17. The number of amides is 3. The molecule has 0 spiro atoms. The van der Waals surface area contributed by atoms with Crippen LogP contribution in [0.4, 0.5) is 10.5 Å². The van der Waals surface area contributed by atoms with Gasteiger partial charge in [0.2, 0.25) is 5.91 Å². The normalized spacial score (nSPS) is 13.0. The van der Waals surface area contributed by atoms with Crippen molar-refractivity contribution < 1.29 is 29.3 Å². The highest BCUT2D eigenvalue weighted by Crippen LogP contribution is 2.31. The van der Waals surface area contributed by atoms with Gasteiger partial charge >= 0.3 is 6.09 Å². The standard InChI is InChI=1S/C26H34ClN3O6/c1-15(2)30(24(34)20(14-31)28-25(35)36-26(4,5)6)22(17-10-8-11-18(32)13-17)23(33)29-21-16(3)9-7-12-19(21)27/h7-13,15,20,22,31-32H,14H2,1-6H3,(H,28,35)(H,29,33). The molecule has 2 rings (SSSR count). The van der Waals surface area contributed by atoms with E-state index in [4.69, 9.17) is 16.3 Å². The monoisotopic (exact) mass is 519 g/mol. The Kier molecular flexibility index (Phi) is 9.72. The summed E-state index contributed by atoms with van der Waals surface area (Å²) in [5.74, 6) is -1.40. The summed E-state index contributed by atoms with van der Waals surface area (Å²) in [7, 11) is 0. The molecular formula is C26H34ClN3O6. The molecule has 196 valence electrons. The number of nitrogens with zero attached hydrogens (tertiary/aromatic N) is 1. The maximum atomic E-state index is 13.7. The number of hydrogen-bond acceptors (Lipinski definition) is 6. The number of ether oxygens (including phenoxy) is 1. The number of phenolic OH excluding ortho intramolecular Hbond substituents is 1. The Hall–Kier alpha value is -3.30. The fourth-order valence-electron chi connectivity index (χ4n) is 3.61. The Morgan fingerprint density at radius 3 is 2.28 bits per heavy atom. The van der Waals surface area contributed by atoms with Crippen LogP contribution in [0.25, 0.3) is 0 Å². The van der Waals surface area contributed by atoms with Gasteiger partial charge in [0.15, 0.2) is 0 Å². The Balaban J connectivity index is 2.50. The number of phenols is 1. The number of aliphatic hydroxyl groups excluding tert-OH is 1. The molecule has 2 aromatic carbocycles. The molecule has 0 saturated carbocycles. The lowest BCUT2D eigenvalue weighted by atomic mass is 10.0. The van der Waals surface area contributed by atoms with E-state index in [1.54, 1.807) is 71.9 Å². The predicted molar refractivity (Wildman–Crippen MR) is 138 cm³/mol. The molecule has 2 unspecified atom stereocenters. The zero-order chi connectivity index (χ0) is 27.2. The van der Waals surface area contributed by atoms with Gasteiger partial charge in [0.25, 0.3) is 5.91 Å². The van der Waals surface area contributed by atoms with E-state index in [-0.39, 0.29) is 5.75 Å². The highest BCUT2D eigenvalue weighted by atomic mass is 35.5. The van der Waals surface area contributed by atoms with Gasteiger partial charge in [0.05, 0.1) is 17.3 Å². The molecule has 10 heteroatoms. The number of alkyl carbamates (subject to hydrolysis) is 1. The summed E-state index contributed by atoms with van der Waals surface area (Å²) >= 11 is 6.31. The lowest BCUT2D eigenvalue weighted by Gasteiger charge is -2.37. The maximum absolute atomic E-state index is 13.7. The quantitative estimate of drug-likeness (QED) is 0.414. The minimum atomic E-state index is -1.38. The summed E-state index contributed by atoms with van der Waals surface area (Å²) in [5.41, 5.74) is 0.610. The first-order valence-electron chi connectivity index (χ1n) is 11.5. The van der Waals surface area contributed by atoms with Crippen molar-refractivity contribution in [3.8, 4) is 5.75 Å². The molecule has 36 heavy (non-hydrogen) atoms. The van der Waals surface area contributed by atoms with Crippen LogP contribution in [-0.4, -0.2) is 57.3 Å². The van der Waals surface area contributed by atoms with Gasteiger partial charge in [-0.15, -0.1) is 0 Å². The number of aryl methyl sites for hydroxylation is 1. The Labute approximate surface area is 216 Å². The van der Waals surface area contributed by atoms with Gasteiger partial charge in [-0.05, 0) is 70.9 Å². The van der Waals surface area contributed by atoms with Crippen molar-refractivity contribution in [2.45, 2.75) is 65.3 Å². The molecule has 0 fully saturated rings. The van der Waals surface area contributed by atoms with Crippen LogP contribution in [0.1, 0.15) is 51.8 Å². The van der Waals surface area contributed by atoms with Crippen LogP contribution in [0.3, 0.4) is 0 Å². The van der Waals surface area contributed by atoms with E-state index in [2.05, 4.69) is 10.6 Å². The average molecular weight is 520 g/mol. The number of aliphatic hydroxyl groups is 1. The second-order valence-corrected chi connectivity index (χ2v) is 10.0. The lowest BCUT2D eigenvalue weighted by molar-refractivity contribution is -0.143. The molecule has 0 aliphatic carbocycles. The minimum Gasteiger partial charge on any atom is -0.508 e. The Morgan fingerprint density at radius 1 is 1.11 bits per heavy atom. The molecule has 0 aliphatic heterocycles. The number of nitrogens with one attached hydrogen (secondary N) is 2. The van der Waals surface area contributed by atoms with Crippen molar-refractivity contribution >= 4 is 35.2 Å². The zero-order valence-corrected chi connectivity index (χ0v) is 22.1. The van der Waals surface area contributed by atoms with Crippen LogP contribution < -0.4 is 10.6 Å². The summed E-state index contributed by atoms with van der Waals surface area (Å²) in [6.45, 7) is 9.46. The van der Waals surface area contributed by atoms with Crippen molar-refractivity contribution in [3.63, 3.8) is 0 Å². The zero-order valence-electron chi connectivity index (χ0n) is 21.3. The highest BCUT2D eigenvalue weighted by molar-refractivity contribution is 6.34. The van der Waals surface area contributed by atoms with E-state index < -0.39 is 48.2 Å². The van der Waals surface area contributed by atoms with E-state index in [1.807, 2.05) is 0 Å². The summed E-state index contributed by atoms with van der Waals surface area (Å²) in [6, 6.07) is 7.98. The van der Waals surface area contributed by atoms with Gasteiger partial charge in [-0.1, -0.05) is 35.9 Å². The summed E-state index contributed by atoms with van der Waals surface area (Å²) in [6.07, 6.45) is -0.886. The van der Waals surface area contributed by atoms with Crippen LogP contribution in [-0.2, 0) is 14.3 Å². The number of para-hydroxylation sites is 1. The van der Waals surface area contributed by atoms with E-state index >= 15 is 0 Å². The number of carbonyl (C=O) groups is 3. The second kappa shape index (κ2) is 12.1. The number of halogens is 1. The highest BCUT2D eigenvalue weighted by Gasteiger charge is 2.38.